The summed E-state index contributed by atoms with van der Waals surface area (Å²) >= 11 is 0. The molecule has 0 aromatic carbocycles. The molecule has 2 aliphatic rings. The van der Waals surface area contributed by atoms with E-state index < -0.39 is 0 Å². The van der Waals surface area contributed by atoms with Crippen LogP contribution in [0.1, 0.15) is 13.3 Å². The molecule has 1 saturated heterocycles. The van der Waals surface area contributed by atoms with Gasteiger partial charge in [-0.2, -0.15) is 0 Å². The molecule has 0 aromatic rings. The number of hydrogen-bond donors (Lipinski definition) is 1. The molecule has 0 unspecified atom stereocenters. The van der Waals surface area contributed by atoms with E-state index in [0.717, 1.165) is 32.6 Å². The first-order chi connectivity index (χ1) is 7.20. The Bertz CT molecular complexity index is 272. The molecule has 84 valence electrons. The van der Waals surface area contributed by atoms with E-state index in [1.54, 1.807) is 0 Å². The van der Waals surface area contributed by atoms with Crippen LogP contribution in [0.4, 0.5) is 0 Å². The van der Waals surface area contributed by atoms with Gasteiger partial charge in [0.2, 0.25) is 5.91 Å². The van der Waals surface area contributed by atoms with Crippen LogP contribution in [0, 0.1) is 0 Å². The average Bonchev–Trinajstić information content (AvgIpc) is 2.24. The second-order valence-corrected chi connectivity index (χ2v) is 4.44. The number of rotatable bonds is 3. The van der Waals surface area contributed by atoms with Gasteiger partial charge in [-0.05, 0) is 13.3 Å². The van der Waals surface area contributed by atoms with Gasteiger partial charge in [-0.3, -0.25) is 4.79 Å². The van der Waals surface area contributed by atoms with E-state index >= 15 is 0 Å². The van der Waals surface area contributed by atoms with Crippen LogP contribution in [0.2, 0.25) is 0 Å². The maximum absolute atomic E-state index is 11.7. The Kier molecular flexibility index (Phi) is 3.07. The van der Waals surface area contributed by atoms with Crippen molar-refractivity contribution in [2.45, 2.75) is 18.9 Å². The zero-order valence-corrected chi connectivity index (χ0v) is 9.16. The molecule has 4 nitrogen and oxygen atoms in total. The van der Waals surface area contributed by atoms with E-state index in [9.17, 15) is 4.79 Å². The minimum absolute atomic E-state index is 0.104. The zero-order chi connectivity index (χ0) is 10.7. The molecule has 1 N–H and O–H groups in total. The summed E-state index contributed by atoms with van der Waals surface area (Å²) in [6.07, 6.45) is 5.11. The summed E-state index contributed by atoms with van der Waals surface area (Å²) in [5, 5.41) is 3.14. The third kappa shape index (κ3) is 2.58. The fraction of sp³-hybridized carbons (Fsp3) is 0.727. The molecule has 1 amide bonds. The number of hydrogen-bond acceptors (Lipinski definition) is 3. The second kappa shape index (κ2) is 4.33. The number of ether oxygens (including phenoxy) is 1. The van der Waals surface area contributed by atoms with Gasteiger partial charge < -0.3 is 15.0 Å². The van der Waals surface area contributed by atoms with Crippen molar-refractivity contribution in [2.24, 2.45) is 0 Å². The van der Waals surface area contributed by atoms with Crippen molar-refractivity contribution in [1.29, 1.82) is 0 Å². The summed E-state index contributed by atoms with van der Waals surface area (Å²) in [4.78, 5) is 13.6. The van der Waals surface area contributed by atoms with Crippen LogP contribution in [0.25, 0.3) is 0 Å². The highest BCUT2D eigenvalue weighted by atomic mass is 16.5. The van der Waals surface area contributed by atoms with Gasteiger partial charge in [0, 0.05) is 26.2 Å². The second-order valence-electron chi connectivity index (χ2n) is 4.44. The summed E-state index contributed by atoms with van der Waals surface area (Å²) in [6, 6.07) is 0. The van der Waals surface area contributed by atoms with Crippen molar-refractivity contribution >= 4 is 5.91 Å². The summed E-state index contributed by atoms with van der Waals surface area (Å²) < 4.78 is 5.60. The molecule has 0 radical (unpaired) electrons. The quantitative estimate of drug-likeness (QED) is 0.674. The predicted molar refractivity (Wildman–Crippen MR) is 57.6 cm³/mol. The van der Waals surface area contributed by atoms with Crippen LogP contribution in [0.3, 0.4) is 0 Å². The van der Waals surface area contributed by atoms with Gasteiger partial charge in [0.25, 0.3) is 0 Å². The van der Waals surface area contributed by atoms with Crippen LogP contribution in [0.15, 0.2) is 12.2 Å². The molecular formula is C11H18N2O2. The van der Waals surface area contributed by atoms with E-state index in [2.05, 4.69) is 11.4 Å². The molecule has 0 bridgehead atoms. The fourth-order valence-corrected chi connectivity index (χ4v) is 1.77. The average molecular weight is 210 g/mol. The number of carbonyl (C=O) groups is 1. The molecule has 2 heterocycles. The van der Waals surface area contributed by atoms with Gasteiger partial charge >= 0.3 is 0 Å². The van der Waals surface area contributed by atoms with E-state index in [1.807, 2.05) is 17.9 Å². The van der Waals surface area contributed by atoms with Crippen LogP contribution < -0.4 is 5.32 Å². The standard InChI is InChI=1S/C11H18N2O2/c1-11(8-12-9-11)15-7-10(14)13-5-3-2-4-6-13/h2-3,12H,4-9H2,1H3. The third-order valence-corrected chi connectivity index (χ3v) is 2.95. The van der Waals surface area contributed by atoms with Crippen molar-refractivity contribution < 1.29 is 9.53 Å². The maximum Gasteiger partial charge on any atom is 0.248 e. The molecule has 4 heteroatoms. The maximum atomic E-state index is 11.7. The number of carbonyl (C=O) groups excluding carboxylic acids is 1. The topological polar surface area (TPSA) is 41.6 Å². The molecule has 2 rings (SSSR count). The van der Waals surface area contributed by atoms with Crippen molar-refractivity contribution in [1.82, 2.24) is 10.2 Å². The Hall–Kier alpha value is -0.870. The van der Waals surface area contributed by atoms with Gasteiger partial charge in [0.15, 0.2) is 0 Å². The summed E-state index contributed by atoms with van der Waals surface area (Å²) in [6.45, 7) is 5.50. The van der Waals surface area contributed by atoms with E-state index in [0.29, 0.717) is 0 Å². The van der Waals surface area contributed by atoms with Crippen LogP contribution in [-0.4, -0.2) is 49.2 Å². The molecular weight excluding hydrogens is 192 g/mol. The largest absolute Gasteiger partial charge is 0.363 e. The normalized spacial score (nSPS) is 23.7. The summed E-state index contributed by atoms with van der Waals surface area (Å²) in [5.41, 5.74) is -0.124. The Labute approximate surface area is 90.3 Å². The lowest BCUT2D eigenvalue weighted by atomic mass is 10.0. The molecule has 1 fully saturated rings. The smallest absolute Gasteiger partial charge is 0.248 e. The minimum atomic E-state index is -0.124. The Morgan fingerprint density at radius 1 is 1.53 bits per heavy atom. The number of nitrogens with zero attached hydrogens (tertiary/aromatic N) is 1. The molecule has 0 atom stereocenters. The highest BCUT2D eigenvalue weighted by molar-refractivity contribution is 5.77. The Balaban J connectivity index is 1.74. The molecule has 0 aromatic heterocycles. The van der Waals surface area contributed by atoms with Crippen molar-refractivity contribution in [3.63, 3.8) is 0 Å². The molecule has 0 aliphatic carbocycles. The summed E-state index contributed by atoms with van der Waals surface area (Å²) in [7, 11) is 0. The highest BCUT2D eigenvalue weighted by Crippen LogP contribution is 2.15. The van der Waals surface area contributed by atoms with Crippen LogP contribution in [0.5, 0.6) is 0 Å². The van der Waals surface area contributed by atoms with Gasteiger partial charge in [0.1, 0.15) is 6.61 Å². The van der Waals surface area contributed by atoms with Crippen molar-refractivity contribution in [3.05, 3.63) is 12.2 Å². The Morgan fingerprint density at radius 3 is 2.87 bits per heavy atom. The van der Waals surface area contributed by atoms with Gasteiger partial charge in [0.05, 0.1) is 5.60 Å². The van der Waals surface area contributed by atoms with E-state index in [4.69, 9.17) is 4.74 Å². The first-order valence-electron chi connectivity index (χ1n) is 5.47. The lowest BCUT2D eigenvalue weighted by Gasteiger charge is -2.39. The first kappa shape index (κ1) is 10.6. The van der Waals surface area contributed by atoms with Crippen molar-refractivity contribution in [3.8, 4) is 0 Å². The predicted octanol–water partition coefficient (Wildman–Crippen LogP) is 0.153. The SMILES string of the molecule is CC1(OCC(=O)N2CC=CCC2)CNC1. The van der Waals surface area contributed by atoms with Gasteiger partial charge in [-0.25, -0.2) is 0 Å². The zero-order valence-electron chi connectivity index (χ0n) is 9.16. The molecule has 2 aliphatic heterocycles. The van der Waals surface area contributed by atoms with Crippen LogP contribution in [-0.2, 0) is 9.53 Å². The Morgan fingerprint density at radius 2 is 2.33 bits per heavy atom. The highest BCUT2D eigenvalue weighted by Gasteiger charge is 2.33. The first-order valence-corrected chi connectivity index (χ1v) is 5.47. The molecule has 0 spiro atoms. The number of amides is 1. The molecule has 0 saturated carbocycles. The lowest BCUT2D eigenvalue weighted by molar-refractivity contribution is -0.145. The fourth-order valence-electron chi connectivity index (χ4n) is 1.77. The number of nitrogens with one attached hydrogen (secondary N) is 1. The summed E-state index contributed by atoms with van der Waals surface area (Å²) in [5.74, 6) is 0.104. The lowest BCUT2D eigenvalue weighted by Crippen LogP contribution is -2.59. The molecule has 15 heavy (non-hydrogen) atoms. The van der Waals surface area contributed by atoms with Gasteiger partial charge in [-0.15, -0.1) is 0 Å². The van der Waals surface area contributed by atoms with E-state index in [-0.39, 0.29) is 18.1 Å². The monoisotopic (exact) mass is 210 g/mol. The van der Waals surface area contributed by atoms with Gasteiger partial charge in [-0.1, -0.05) is 12.2 Å². The minimum Gasteiger partial charge on any atom is -0.363 e. The van der Waals surface area contributed by atoms with E-state index in [1.165, 1.54) is 0 Å². The van der Waals surface area contributed by atoms with Crippen LogP contribution >= 0.6 is 0 Å². The third-order valence-electron chi connectivity index (χ3n) is 2.95. The van der Waals surface area contributed by atoms with Crippen molar-refractivity contribution in [2.75, 3.05) is 32.8 Å².